The molecule has 0 aliphatic carbocycles. The van der Waals surface area contributed by atoms with Crippen LogP contribution in [0.5, 0.6) is 0 Å². The Morgan fingerprint density at radius 2 is 1.93 bits per heavy atom. The molecule has 0 aromatic heterocycles. The van der Waals surface area contributed by atoms with Gasteiger partial charge in [0.15, 0.2) is 5.17 Å². The minimum absolute atomic E-state index is 0.0924. The molecule has 1 heterocycles. The molecule has 6 nitrogen and oxygen atoms in total. The number of amides is 2. The SMILES string of the molecule is CCc1ccc(N=C2S[C@@H](CC(=O)Nc3ccccc3C)C(=O)N2CCOC)cc1. The van der Waals surface area contributed by atoms with Crippen LogP contribution in [0.15, 0.2) is 53.5 Å². The second kappa shape index (κ2) is 10.4. The smallest absolute Gasteiger partial charge is 0.242 e. The zero-order chi connectivity index (χ0) is 21.5. The lowest BCUT2D eigenvalue weighted by Gasteiger charge is -2.16. The Kier molecular flexibility index (Phi) is 7.65. The predicted octanol–water partition coefficient (Wildman–Crippen LogP) is 4.16. The highest BCUT2D eigenvalue weighted by Crippen LogP contribution is 2.32. The van der Waals surface area contributed by atoms with Gasteiger partial charge in [-0.3, -0.25) is 14.5 Å². The number of carbonyl (C=O) groups excluding carboxylic acids is 2. The van der Waals surface area contributed by atoms with Crippen molar-refractivity contribution in [2.75, 3.05) is 25.6 Å². The molecule has 2 amide bonds. The maximum Gasteiger partial charge on any atom is 0.242 e. The van der Waals surface area contributed by atoms with Crippen molar-refractivity contribution in [1.82, 2.24) is 4.90 Å². The molecule has 0 unspecified atom stereocenters. The van der Waals surface area contributed by atoms with Gasteiger partial charge in [-0.05, 0) is 42.7 Å². The number of hydrogen-bond acceptors (Lipinski definition) is 5. The minimum Gasteiger partial charge on any atom is -0.383 e. The molecule has 1 aliphatic rings. The van der Waals surface area contributed by atoms with E-state index in [1.54, 1.807) is 12.0 Å². The van der Waals surface area contributed by atoms with Crippen LogP contribution in [0.2, 0.25) is 0 Å². The summed E-state index contributed by atoms with van der Waals surface area (Å²) in [5, 5.41) is 3.01. The highest BCUT2D eigenvalue weighted by Gasteiger charge is 2.39. The molecule has 1 atom stereocenters. The van der Waals surface area contributed by atoms with Crippen molar-refractivity contribution in [3.05, 3.63) is 59.7 Å². The number of nitrogens with zero attached hydrogens (tertiary/aromatic N) is 2. The van der Waals surface area contributed by atoms with Crippen molar-refractivity contribution >= 4 is 40.1 Å². The zero-order valence-corrected chi connectivity index (χ0v) is 18.4. The Balaban J connectivity index is 1.74. The van der Waals surface area contributed by atoms with E-state index in [2.05, 4.69) is 17.2 Å². The van der Waals surface area contributed by atoms with Crippen molar-refractivity contribution in [2.24, 2.45) is 4.99 Å². The maximum absolute atomic E-state index is 13.0. The Morgan fingerprint density at radius 1 is 1.20 bits per heavy atom. The molecule has 0 saturated carbocycles. The molecule has 2 aromatic carbocycles. The number of ether oxygens (including phenoxy) is 1. The van der Waals surface area contributed by atoms with Crippen molar-refractivity contribution < 1.29 is 14.3 Å². The van der Waals surface area contributed by atoms with E-state index in [-0.39, 0.29) is 18.2 Å². The molecule has 0 radical (unpaired) electrons. The number of thioether (sulfide) groups is 1. The Morgan fingerprint density at radius 3 is 2.60 bits per heavy atom. The van der Waals surface area contributed by atoms with Gasteiger partial charge in [0.25, 0.3) is 0 Å². The van der Waals surface area contributed by atoms with Crippen LogP contribution in [0.1, 0.15) is 24.5 Å². The quantitative estimate of drug-likeness (QED) is 0.689. The summed E-state index contributed by atoms with van der Waals surface area (Å²) >= 11 is 1.34. The van der Waals surface area contributed by atoms with E-state index in [0.717, 1.165) is 23.4 Å². The number of benzene rings is 2. The van der Waals surface area contributed by atoms with E-state index >= 15 is 0 Å². The third kappa shape index (κ3) is 5.49. The maximum atomic E-state index is 13.0. The third-order valence-electron chi connectivity index (χ3n) is 4.90. The van der Waals surface area contributed by atoms with Crippen LogP contribution in [0.4, 0.5) is 11.4 Å². The summed E-state index contributed by atoms with van der Waals surface area (Å²) in [6.45, 7) is 4.85. The number of amidine groups is 1. The van der Waals surface area contributed by atoms with Crippen LogP contribution in [-0.4, -0.2) is 47.4 Å². The van der Waals surface area contributed by atoms with Gasteiger partial charge >= 0.3 is 0 Å². The molecule has 2 aromatic rings. The lowest BCUT2D eigenvalue weighted by Crippen LogP contribution is -2.35. The van der Waals surface area contributed by atoms with E-state index in [4.69, 9.17) is 4.74 Å². The number of aliphatic imine (C=N–C) groups is 1. The number of para-hydroxylation sites is 1. The molecule has 0 bridgehead atoms. The number of hydrogen-bond donors (Lipinski definition) is 1. The molecule has 3 rings (SSSR count). The summed E-state index contributed by atoms with van der Waals surface area (Å²) in [5.74, 6) is -0.295. The van der Waals surface area contributed by atoms with Crippen molar-refractivity contribution in [2.45, 2.75) is 31.9 Å². The fourth-order valence-electron chi connectivity index (χ4n) is 3.11. The second-order valence-electron chi connectivity index (χ2n) is 7.07. The molecular weight excluding hydrogens is 398 g/mol. The first-order chi connectivity index (χ1) is 14.5. The first-order valence-corrected chi connectivity index (χ1v) is 10.9. The summed E-state index contributed by atoms with van der Waals surface area (Å²) in [6.07, 6.45) is 1.05. The number of rotatable bonds is 8. The highest BCUT2D eigenvalue weighted by molar-refractivity contribution is 8.15. The number of methoxy groups -OCH3 is 1. The standard InChI is InChI=1S/C23H27N3O3S/c1-4-17-9-11-18(12-10-17)24-23-26(13-14-29-3)22(28)20(30-23)15-21(27)25-19-8-6-5-7-16(19)2/h5-12,20H,4,13-15H2,1-3H3,(H,25,27)/t20-/m0/s1. The summed E-state index contributed by atoms with van der Waals surface area (Å²) < 4.78 is 5.15. The number of nitrogens with one attached hydrogen (secondary N) is 1. The van der Waals surface area contributed by atoms with Crippen LogP contribution < -0.4 is 5.32 Å². The monoisotopic (exact) mass is 425 g/mol. The van der Waals surface area contributed by atoms with Crippen LogP contribution in [0.25, 0.3) is 0 Å². The molecule has 30 heavy (non-hydrogen) atoms. The molecular formula is C23H27N3O3S. The van der Waals surface area contributed by atoms with Crippen LogP contribution in [-0.2, 0) is 20.7 Å². The van der Waals surface area contributed by atoms with Gasteiger partial charge in [0.2, 0.25) is 11.8 Å². The number of aryl methyl sites for hydroxylation is 2. The van der Waals surface area contributed by atoms with Gasteiger partial charge in [-0.15, -0.1) is 0 Å². The molecule has 158 valence electrons. The highest BCUT2D eigenvalue weighted by atomic mass is 32.2. The van der Waals surface area contributed by atoms with Gasteiger partial charge in [0.05, 0.1) is 18.8 Å². The lowest BCUT2D eigenvalue weighted by molar-refractivity contribution is -0.128. The van der Waals surface area contributed by atoms with Crippen molar-refractivity contribution in [3.8, 4) is 0 Å². The van der Waals surface area contributed by atoms with E-state index in [9.17, 15) is 9.59 Å². The van der Waals surface area contributed by atoms with E-state index in [1.165, 1.54) is 17.3 Å². The molecule has 1 aliphatic heterocycles. The second-order valence-corrected chi connectivity index (χ2v) is 8.24. The minimum atomic E-state index is -0.500. The molecule has 0 spiro atoms. The Bertz CT molecular complexity index is 928. The average molecular weight is 426 g/mol. The first kappa shape index (κ1) is 22.1. The van der Waals surface area contributed by atoms with Crippen LogP contribution >= 0.6 is 11.8 Å². The Hall–Kier alpha value is -2.64. The van der Waals surface area contributed by atoms with Gasteiger partial charge < -0.3 is 10.1 Å². The van der Waals surface area contributed by atoms with Gasteiger partial charge in [-0.1, -0.05) is 49.0 Å². The summed E-state index contributed by atoms with van der Waals surface area (Å²) in [7, 11) is 1.60. The fraction of sp³-hybridized carbons (Fsp3) is 0.348. The first-order valence-electron chi connectivity index (χ1n) is 10.0. The predicted molar refractivity (Wildman–Crippen MR) is 122 cm³/mol. The largest absolute Gasteiger partial charge is 0.383 e. The van der Waals surface area contributed by atoms with Gasteiger partial charge in [-0.2, -0.15) is 0 Å². The van der Waals surface area contributed by atoms with Crippen molar-refractivity contribution in [1.29, 1.82) is 0 Å². The average Bonchev–Trinajstić information content (AvgIpc) is 3.02. The molecule has 1 fully saturated rings. The summed E-state index contributed by atoms with van der Waals surface area (Å²) in [6, 6.07) is 15.6. The Labute approximate surface area is 181 Å². The topological polar surface area (TPSA) is 71.0 Å². The van der Waals surface area contributed by atoms with Gasteiger partial charge in [0.1, 0.15) is 5.25 Å². The van der Waals surface area contributed by atoms with E-state index in [1.807, 2.05) is 55.5 Å². The lowest BCUT2D eigenvalue weighted by atomic mass is 10.2. The third-order valence-corrected chi connectivity index (χ3v) is 6.07. The molecule has 7 heteroatoms. The zero-order valence-electron chi connectivity index (χ0n) is 17.6. The molecule has 1 saturated heterocycles. The van der Waals surface area contributed by atoms with E-state index in [0.29, 0.717) is 18.3 Å². The van der Waals surface area contributed by atoms with Gasteiger partial charge in [0, 0.05) is 19.2 Å². The normalized spacial score (nSPS) is 17.6. The summed E-state index contributed by atoms with van der Waals surface area (Å²) in [4.78, 5) is 31.8. The van der Waals surface area contributed by atoms with Crippen LogP contribution in [0.3, 0.4) is 0 Å². The van der Waals surface area contributed by atoms with E-state index < -0.39 is 5.25 Å². The van der Waals surface area contributed by atoms with Crippen molar-refractivity contribution in [3.63, 3.8) is 0 Å². The van der Waals surface area contributed by atoms with Gasteiger partial charge in [-0.25, -0.2) is 4.99 Å². The van der Waals surface area contributed by atoms with Crippen LogP contribution in [0, 0.1) is 6.92 Å². The summed E-state index contributed by atoms with van der Waals surface area (Å²) in [5.41, 5.74) is 3.76. The number of anilines is 1. The molecule has 1 N–H and O–H groups in total. The number of carbonyl (C=O) groups is 2. The fourth-order valence-corrected chi connectivity index (χ4v) is 4.30.